The van der Waals surface area contributed by atoms with Gasteiger partial charge in [-0.2, -0.15) is 0 Å². The number of carbonyl (C=O) groups excluding carboxylic acids is 1. The van der Waals surface area contributed by atoms with E-state index in [9.17, 15) is 24.2 Å². The van der Waals surface area contributed by atoms with Gasteiger partial charge in [-0.1, -0.05) is 18.2 Å². The molecule has 0 amide bonds. The molecule has 1 aliphatic carbocycles. The maximum Gasteiger partial charge on any atom is 0.364 e. The van der Waals surface area contributed by atoms with Crippen LogP contribution in [0.3, 0.4) is 0 Å². The molecule has 2 atom stereocenters. The SMILES string of the molecule is O=C1CC[C@H](/C=C/CCOc2cccc(F)c2)[C@H]1CC=C=CCC(O)(O)C(=O)O. The fraction of sp³-hybridized carbons (Fsp3) is 0.409. The number of allylic oxidation sites excluding steroid dienone is 1. The van der Waals surface area contributed by atoms with Gasteiger partial charge in [0.15, 0.2) is 0 Å². The van der Waals surface area contributed by atoms with Gasteiger partial charge in [0.25, 0.3) is 5.79 Å². The molecule has 0 aromatic heterocycles. The number of carboxylic acids is 1. The quantitative estimate of drug-likeness (QED) is 0.240. The van der Waals surface area contributed by atoms with Crippen LogP contribution in [0.2, 0.25) is 0 Å². The van der Waals surface area contributed by atoms with Crippen LogP contribution in [0.5, 0.6) is 5.75 Å². The maximum atomic E-state index is 13.1. The van der Waals surface area contributed by atoms with Gasteiger partial charge in [-0.15, -0.1) is 5.73 Å². The van der Waals surface area contributed by atoms with Crippen LogP contribution in [-0.4, -0.2) is 39.5 Å². The molecule has 0 bridgehead atoms. The van der Waals surface area contributed by atoms with E-state index in [4.69, 9.17) is 9.84 Å². The molecule has 1 fully saturated rings. The van der Waals surface area contributed by atoms with Crippen LogP contribution in [0, 0.1) is 17.7 Å². The average Bonchev–Trinajstić information content (AvgIpc) is 3.01. The maximum absolute atomic E-state index is 13.1. The summed E-state index contributed by atoms with van der Waals surface area (Å²) in [4.78, 5) is 22.7. The summed E-state index contributed by atoms with van der Waals surface area (Å²) in [6.07, 6.45) is 8.64. The third-order valence-corrected chi connectivity index (χ3v) is 4.72. The van der Waals surface area contributed by atoms with E-state index in [1.54, 1.807) is 18.2 Å². The van der Waals surface area contributed by atoms with Crippen LogP contribution in [-0.2, 0) is 9.59 Å². The third kappa shape index (κ3) is 7.31. The summed E-state index contributed by atoms with van der Waals surface area (Å²) in [6, 6.07) is 5.94. The number of ketones is 1. The molecule has 7 heteroatoms. The summed E-state index contributed by atoms with van der Waals surface area (Å²) in [5, 5.41) is 27.0. The second kappa shape index (κ2) is 10.7. The molecule has 1 saturated carbocycles. The largest absolute Gasteiger partial charge is 0.493 e. The lowest BCUT2D eigenvalue weighted by molar-refractivity contribution is -0.201. The van der Waals surface area contributed by atoms with Crippen molar-refractivity contribution in [2.24, 2.45) is 11.8 Å². The summed E-state index contributed by atoms with van der Waals surface area (Å²) in [5.74, 6) is -4.33. The van der Waals surface area contributed by atoms with Crippen molar-refractivity contribution in [2.75, 3.05) is 6.61 Å². The minimum Gasteiger partial charge on any atom is -0.493 e. The van der Waals surface area contributed by atoms with Crippen molar-refractivity contribution in [2.45, 2.75) is 37.9 Å². The normalized spacial score (nSPS) is 19.2. The lowest BCUT2D eigenvalue weighted by Crippen LogP contribution is -2.37. The summed E-state index contributed by atoms with van der Waals surface area (Å²) < 4.78 is 18.6. The van der Waals surface area contributed by atoms with Crippen molar-refractivity contribution < 1.29 is 34.0 Å². The summed E-state index contributed by atoms with van der Waals surface area (Å²) in [5.41, 5.74) is 2.70. The first kappa shape index (κ1) is 22.6. The van der Waals surface area contributed by atoms with E-state index in [0.29, 0.717) is 31.6 Å². The van der Waals surface area contributed by atoms with Crippen LogP contribution in [0.25, 0.3) is 0 Å². The lowest BCUT2D eigenvalue weighted by Gasteiger charge is -2.13. The first-order valence-corrected chi connectivity index (χ1v) is 9.45. The molecule has 0 saturated heterocycles. The third-order valence-electron chi connectivity index (χ3n) is 4.72. The number of halogens is 1. The van der Waals surface area contributed by atoms with Crippen molar-refractivity contribution >= 4 is 11.8 Å². The molecule has 0 radical (unpaired) electrons. The number of Topliss-reactive ketones (excluding diaryl/α,β-unsaturated/α-hetero) is 1. The van der Waals surface area contributed by atoms with E-state index in [1.807, 2.05) is 12.2 Å². The van der Waals surface area contributed by atoms with Gasteiger partial charge in [0.1, 0.15) is 17.3 Å². The van der Waals surface area contributed by atoms with Crippen LogP contribution >= 0.6 is 0 Å². The molecule has 3 N–H and O–H groups in total. The number of carboxylic acid groups (broad SMARTS) is 1. The molecule has 156 valence electrons. The first-order chi connectivity index (χ1) is 13.8. The van der Waals surface area contributed by atoms with Crippen molar-refractivity contribution in [1.29, 1.82) is 0 Å². The minimum absolute atomic E-state index is 0.100. The van der Waals surface area contributed by atoms with E-state index < -0.39 is 18.2 Å². The molecule has 0 unspecified atom stereocenters. The molecule has 29 heavy (non-hydrogen) atoms. The van der Waals surface area contributed by atoms with Gasteiger partial charge in [-0.25, -0.2) is 9.18 Å². The Morgan fingerprint density at radius 3 is 2.86 bits per heavy atom. The Hall–Kier alpha value is -2.73. The highest BCUT2D eigenvalue weighted by Crippen LogP contribution is 2.32. The number of aliphatic hydroxyl groups is 2. The molecule has 0 aliphatic heterocycles. The zero-order valence-electron chi connectivity index (χ0n) is 16.0. The van der Waals surface area contributed by atoms with Crippen LogP contribution in [0.1, 0.15) is 32.1 Å². The fourth-order valence-corrected chi connectivity index (χ4v) is 3.11. The number of aliphatic carboxylic acids is 1. The van der Waals surface area contributed by atoms with E-state index >= 15 is 0 Å². The molecule has 1 aromatic carbocycles. The van der Waals surface area contributed by atoms with Gasteiger partial charge in [0.05, 0.1) is 6.61 Å². The Bertz CT molecular complexity index is 807. The predicted octanol–water partition coefficient (Wildman–Crippen LogP) is 3.00. The van der Waals surface area contributed by atoms with Crippen molar-refractivity contribution in [1.82, 2.24) is 0 Å². The Kier molecular flexibility index (Phi) is 8.34. The number of carbonyl (C=O) groups is 2. The second-order valence-electron chi connectivity index (χ2n) is 6.93. The van der Waals surface area contributed by atoms with Gasteiger partial charge in [0, 0.05) is 24.8 Å². The Labute approximate surface area is 168 Å². The van der Waals surface area contributed by atoms with Gasteiger partial charge in [-0.3, -0.25) is 4.79 Å². The predicted molar refractivity (Wildman–Crippen MR) is 104 cm³/mol. The van der Waals surface area contributed by atoms with E-state index in [2.05, 4.69) is 5.73 Å². The fourth-order valence-electron chi connectivity index (χ4n) is 3.11. The Morgan fingerprint density at radius 2 is 2.14 bits per heavy atom. The summed E-state index contributed by atoms with van der Waals surface area (Å²) in [7, 11) is 0. The number of hydrogen-bond donors (Lipinski definition) is 3. The molecule has 1 aliphatic rings. The standard InChI is InChI=1S/C22H25FO6/c23-17-8-6-9-18(15-17)29-14-5-3-7-16-11-12-20(24)19(16)10-2-1-4-13-22(27,28)21(25)26/h2-4,6-9,15-16,19,27-28H,5,10-14H2,(H,25,26)/b7-3+/t1?,16-,19+/m0/s1. The zero-order valence-corrected chi connectivity index (χ0v) is 16.0. The van der Waals surface area contributed by atoms with E-state index in [0.717, 1.165) is 6.42 Å². The Morgan fingerprint density at radius 1 is 1.34 bits per heavy atom. The molecule has 2 rings (SSSR count). The highest BCUT2D eigenvalue weighted by molar-refractivity contribution is 5.83. The molecule has 1 aromatic rings. The van der Waals surface area contributed by atoms with Crippen molar-refractivity contribution in [3.8, 4) is 5.75 Å². The highest BCUT2D eigenvalue weighted by atomic mass is 19.1. The number of benzene rings is 1. The van der Waals surface area contributed by atoms with Gasteiger partial charge < -0.3 is 20.1 Å². The van der Waals surface area contributed by atoms with Crippen molar-refractivity contribution in [3.63, 3.8) is 0 Å². The second-order valence-corrected chi connectivity index (χ2v) is 6.93. The van der Waals surface area contributed by atoms with Gasteiger partial charge in [0.2, 0.25) is 0 Å². The van der Waals surface area contributed by atoms with E-state index in [1.165, 1.54) is 18.2 Å². The Balaban J connectivity index is 1.79. The molecular weight excluding hydrogens is 379 g/mol. The smallest absolute Gasteiger partial charge is 0.364 e. The zero-order chi connectivity index (χ0) is 21.3. The minimum atomic E-state index is -2.82. The van der Waals surface area contributed by atoms with Crippen LogP contribution < -0.4 is 4.74 Å². The highest BCUT2D eigenvalue weighted by Gasteiger charge is 2.32. The molecular formula is C22H25FO6. The lowest BCUT2D eigenvalue weighted by atomic mass is 9.91. The number of ether oxygens (including phenoxy) is 1. The number of rotatable bonds is 10. The van der Waals surface area contributed by atoms with Crippen LogP contribution in [0.15, 0.2) is 54.3 Å². The van der Waals surface area contributed by atoms with Gasteiger partial charge >= 0.3 is 5.97 Å². The topological polar surface area (TPSA) is 104 Å². The molecule has 0 heterocycles. The number of hydrogen-bond acceptors (Lipinski definition) is 5. The van der Waals surface area contributed by atoms with Crippen molar-refractivity contribution in [3.05, 3.63) is 60.1 Å². The van der Waals surface area contributed by atoms with Crippen LogP contribution in [0.4, 0.5) is 4.39 Å². The monoisotopic (exact) mass is 404 g/mol. The first-order valence-electron chi connectivity index (χ1n) is 9.45. The molecule has 6 nitrogen and oxygen atoms in total. The summed E-state index contributed by atoms with van der Waals surface area (Å²) >= 11 is 0. The average molecular weight is 404 g/mol. The van der Waals surface area contributed by atoms with Gasteiger partial charge in [-0.05, 0) is 49.5 Å². The van der Waals surface area contributed by atoms with E-state index in [-0.39, 0.29) is 23.4 Å². The summed E-state index contributed by atoms with van der Waals surface area (Å²) in [6.45, 7) is 0.404. The molecule has 0 spiro atoms.